The second kappa shape index (κ2) is 7.75. The van der Waals surface area contributed by atoms with E-state index in [1.807, 2.05) is 0 Å². The topological polar surface area (TPSA) is 92.5 Å². The molecule has 10 heteroatoms. The zero-order valence-electron chi connectivity index (χ0n) is 10.7. The molecular weight excluding hydrogens is 298 g/mol. The van der Waals surface area contributed by atoms with E-state index in [1.165, 1.54) is 11.7 Å². The summed E-state index contributed by atoms with van der Waals surface area (Å²) in [5.41, 5.74) is 0. The molecule has 0 spiro atoms. The average Bonchev–Trinajstić information content (AvgIpc) is 2.75. The van der Waals surface area contributed by atoms with Crippen LogP contribution in [0.5, 0.6) is 0 Å². The third-order valence-electron chi connectivity index (χ3n) is 2.19. The highest BCUT2D eigenvalue weighted by Crippen LogP contribution is 2.14. The van der Waals surface area contributed by atoms with Gasteiger partial charge in [-0.2, -0.15) is 0 Å². The fourth-order valence-electron chi connectivity index (χ4n) is 1.32. The van der Waals surface area contributed by atoms with Gasteiger partial charge >= 0.3 is 0 Å². The van der Waals surface area contributed by atoms with Crippen LogP contribution in [-0.4, -0.2) is 57.2 Å². The Kier molecular flexibility index (Phi) is 6.66. The van der Waals surface area contributed by atoms with Crippen molar-refractivity contribution in [2.75, 3.05) is 34.0 Å². The van der Waals surface area contributed by atoms with Crippen molar-refractivity contribution in [3.8, 4) is 0 Å². The molecule has 8 nitrogen and oxygen atoms in total. The molecule has 0 bridgehead atoms. The van der Waals surface area contributed by atoms with Gasteiger partial charge in [0.25, 0.3) is 14.2 Å². The number of hydrogen-bond donors (Lipinski definition) is 0. The van der Waals surface area contributed by atoms with Gasteiger partial charge in [-0.1, -0.05) is 0 Å². The van der Waals surface area contributed by atoms with E-state index >= 15 is 0 Å². The number of halogens is 1. The Hall–Kier alpha value is -0.740. The monoisotopic (exact) mass is 313 g/mol. The van der Waals surface area contributed by atoms with E-state index in [-0.39, 0.29) is 18.3 Å². The molecular formula is C9H16ClN3O5S. The number of hydrogen-bond acceptors (Lipinski definition) is 7. The lowest BCUT2D eigenvalue weighted by atomic mass is 10.5. The van der Waals surface area contributed by atoms with Crippen LogP contribution in [0.3, 0.4) is 0 Å². The number of nitrogens with zero attached hydrogens (tertiary/aromatic N) is 3. The van der Waals surface area contributed by atoms with E-state index in [0.29, 0.717) is 25.6 Å². The molecule has 0 radical (unpaired) electrons. The molecule has 0 aliphatic heterocycles. The summed E-state index contributed by atoms with van der Waals surface area (Å²) in [5.74, 6) is 0.368. The summed E-state index contributed by atoms with van der Waals surface area (Å²) in [4.78, 5) is 0. The third-order valence-corrected chi connectivity index (χ3v) is 3.35. The van der Waals surface area contributed by atoms with Crippen molar-refractivity contribution in [1.82, 2.24) is 14.8 Å². The van der Waals surface area contributed by atoms with Crippen molar-refractivity contribution in [1.29, 1.82) is 0 Å². The van der Waals surface area contributed by atoms with Crippen LogP contribution in [0.2, 0.25) is 0 Å². The lowest BCUT2D eigenvalue weighted by molar-refractivity contribution is 0.0563. The van der Waals surface area contributed by atoms with E-state index in [9.17, 15) is 8.42 Å². The van der Waals surface area contributed by atoms with Gasteiger partial charge in [-0.3, -0.25) is 4.57 Å². The van der Waals surface area contributed by atoms with Gasteiger partial charge in [0.2, 0.25) is 0 Å². The Morgan fingerprint density at radius 1 is 1.16 bits per heavy atom. The SMILES string of the molecule is COCCOCc1nnc(S(=O)(=O)Cl)n1CCOC. The maximum Gasteiger partial charge on any atom is 0.296 e. The molecule has 1 aromatic rings. The van der Waals surface area contributed by atoms with E-state index in [2.05, 4.69) is 10.2 Å². The molecule has 0 aliphatic rings. The molecule has 0 aliphatic carbocycles. The molecule has 110 valence electrons. The molecule has 0 N–H and O–H groups in total. The average molecular weight is 314 g/mol. The van der Waals surface area contributed by atoms with Gasteiger partial charge in [-0.05, 0) is 0 Å². The van der Waals surface area contributed by atoms with Crippen LogP contribution in [0.1, 0.15) is 5.82 Å². The minimum absolute atomic E-state index is 0.118. The van der Waals surface area contributed by atoms with Gasteiger partial charge in [-0.15, -0.1) is 10.2 Å². The fourth-order valence-corrected chi connectivity index (χ4v) is 2.26. The third kappa shape index (κ3) is 5.03. The Labute approximate surface area is 116 Å². The van der Waals surface area contributed by atoms with Gasteiger partial charge in [0, 0.05) is 24.9 Å². The molecule has 0 atom stereocenters. The fraction of sp³-hybridized carbons (Fsp3) is 0.778. The molecule has 1 heterocycles. The van der Waals surface area contributed by atoms with Crippen LogP contribution in [0, 0.1) is 0 Å². The number of rotatable bonds is 9. The van der Waals surface area contributed by atoms with Gasteiger partial charge in [-0.25, -0.2) is 8.42 Å². The molecule has 0 unspecified atom stereocenters. The lowest BCUT2D eigenvalue weighted by Crippen LogP contribution is -2.14. The number of ether oxygens (including phenoxy) is 3. The van der Waals surface area contributed by atoms with Gasteiger partial charge in [0.05, 0.1) is 26.4 Å². The van der Waals surface area contributed by atoms with Crippen LogP contribution < -0.4 is 0 Å². The first-order valence-electron chi connectivity index (χ1n) is 5.43. The van der Waals surface area contributed by atoms with E-state index in [0.717, 1.165) is 0 Å². The zero-order chi connectivity index (χ0) is 14.3. The van der Waals surface area contributed by atoms with Gasteiger partial charge in [0.15, 0.2) is 5.82 Å². The summed E-state index contributed by atoms with van der Waals surface area (Å²) in [7, 11) is 4.40. The van der Waals surface area contributed by atoms with Crippen LogP contribution in [0.4, 0.5) is 0 Å². The standard InChI is InChI=1S/C9H16ClN3O5S/c1-16-4-3-13-8(7-18-6-5-17-2)11-12-9(13)19(10,14)15/h3-7H2,1-2H3. The van der Waals surface area contributed by atoms with Crippen molar-refractivity contribution in [2.24, 2.45) is 0 Å². The van der Waals surface area contributed by atoms with Crippen molar-refractivity contribution < 1.29 is 22.6 Å². The Bertz CT molecular complexity index is 490. The molecule has 0 fully saturated rings. The molecule has 0 aromatic carbocycles. The molecule has 0 amide bonds. The summed E-state index contributed by atoms with van der Waals surface area (Å²) in [6.45, 7) is 1.51. The normalized spacial score (nSPS) is 11.9. The smallest absolute Gasteiger partial charge is 0.296 e. The van der Waals surface area contributed by atoms with Crippen molar-refractivity contribution in [3.63, 3.8) is 0 Å². The highest BCUT2D eigenvalue weighted by molar-refractivity contribution is 8.13. The second-order valence-corrected chi connectivity index (χ2v) is 5.99. The molecule has 1 aromatic heterocycles. The van der Waals surface area contributed by atoms with Gasteiger partial charge in [0.1, 0.15) is 6.61 Å². The van der Waals surface area contributed by atoms with Crippen molar-refractivity contribution >= 4 is 19.7 Å². The predicted octanol–water partition coefficient (Wildman–Crippen LogP) is 0.0150. The first-order chi connectivity index (χ1) is 9.00. The molecule has 1 rings (SSSR count). The highest BCUT2D eigenvalue weighted by atomic mass is 35.7. The molecule has 19 heavy (non-hydrogen) atoms. The maximum atomic E-state index is 11.3. The largest absolute Gasteiger partial charge is 0.383 e. The lowest BCUT2D eigenvalue weighted by Gasteiger charge is -2.08. The maximum absolute atomic E-state index is 11.3. The molecule has 0 saturated carbocycles. The van der Waals surface area contributed by atoms with Gasteiger partial charge < -0.3 is 14.2 Å². The predicted molar refractivity (Wildman–Crippen MR) is 66.5 cm³/mol. The summed E-state index contributed by atoms with van der Waals surface area (Å²) in [6.07, 6.45) is 0. The van der Waals surface area contributed by atoms with E-state index in [4.69, 9.17) is 24.9 Å². The van der Waals surface area contributed by atoms with Crippen molar-refractivity contribution in [3.05, 3.63) is 5.82 Å². The van der Waals surface area contributed by atoms with E-state index < -0.39 is 9.05 Å². The summed E-state index contributed by atoms with van der Waals surface area (Å²) in [6, 6.07) is 0. The van der Waals surface area contributed by atoms with E-state index in [1.54, 1.807) is 7.11 Å². The second-order valence-electron chi connectivity index (χ2n) is 3.53. The number of methoxy groups -OCH3 is 2. The van der Waals surface area contributed by atoms with Crippen LogP contribution in [0.15, 0.2) is 5.16 Å². The summed E-state index contributed by atoms with van der Waals surface area (Å²) >= 11 is 0. The first-order valence-corrected chi connectivity index (χ1v) is 7.74. The minimum Gasteiger partial charge on any atom is -0.383 e. The Morgan fingerprint density at radius 2 is 1.84 bits per heavy atom. The van der Waals surface area contributed by atoms with Crippen molar-refractivity contribution in [2.45, 2.75) is 18.3 Å². The highest BCUT2D eigenvalue weighted by Gasteiger charge is 2.22. The van der Waals surface area contributed by atoms with Crippen LogP contribution in [-0.2, 0) is 36.4 Å². The van der Waals surface area contributed by atoms with Crippen LogP contribution >= 0.6 is 10.7 Å². The Morgan fingerprint density at radius 3 is 2.42 bits per heavy atom. The quantitative estimate of drug-likeness (QED) is 0.468. The Balaban J connectivity index is 2.82. The van der Waals surface area contributed by atoms with Crippen LogP contribution in [0.25, 0.3) is 0 Å². The zero-order valence-corrected chi connectivity index (χ0v) is 12.3. The first kappa shape index (κ1) is 16.3. The summed E-state index contributed by atoms with van der Waals surface area (Å²) < 4.78 is 39.1. The minimum atomic E-state index is -3.95. The summed E-state index contributed by atoms with van der Waals surface area (Å²) in [5, 5.41) is 7.02. The molecule has 0 saturated heterocycles. The number of aromatic nitrogens is 3.